The van der Waals surface area contributed by atoms with Gasteiger partial charge in [-0.05, 0) is 67.2 Å². The number of rotatable bonds is 3. The average molecular weight is 661 g/mol. The molecule has 0 bridgehead atoms. The Balaban J connectivity index is 0.000000186. The minimum Gasteiger partial charge on any atom is -0.444 e. The third-order valence-electron chi connectivity index (χ3n) is 7.01. The highest BCUT2D eigenvalue weighted by Gasteiger charge is 2.29. The average Bonchev–Trinajstić information content (AvgIpc) is 3.89. The number of amides is 2. The van der Waals surface area contributed by atoms with Crippen LogP contribution in [0.3, 0.4) is 0 Å². The molecule has 0 saturated heterocycles. The SMILES string of the molecule is CC(C)(C)OC(=O)N1CCc2nc(NC3CC3)ncc2C1.CC(C)(C)OC(=O)N1CCc2nc(S(C)(=O)=O)ncc2C1.NC1CC1. The third-order valence-corrected chi connectivity index (χ3v) is 7.87. The molecule has 3 N–H and O–H groups in total. The van der Waals surface area contributed by atoms with Crippen LogP contribution in [0.5, 0.6) is 0 Å². The van der Waals surface area contributed by atoms with Crippen molar-refractivity contribution in [1.29, 1.82) is 0 Å². The molecule has 14 nitrogen and oxygen atoms in total. The number of nitrogens with zero attached hydrogens (tertiary/aromatic N) is 6. The van der Waals surface area contributed by atoms with E-state index in [0.29, 0.717) is 56.3 Å². The first-order valence-corrected chi connectivity index (χ1v) is 17.6. The molecule has 0 unspecified atom stereocenters. The van der Waals surface area contributed by atoms with Gasteiger partial charge in [-0.2, -0.15) is 0 Å². The number of carbonyl (C=O) groups excluding carboxylic acids is 2. The highest BCUT2D eigenvalue weighted by atomic mass is 32.2. The number of hydrogen-bond donors (Lipinski definition) is 2. The topological polar surface area (TPSA) is 183 Å². The molecule has 15 heteroatoms. The van der Waals surface area contributed by atoms with Crippen molar-refractivity contribution in [2.45, 2.75) is 122 Å². The fraction of sp³-hybridized carbons (Fsp3) is 0.677. The fourth-order valence-corrected chi connectivity index (χ4v) is 4.85. The maximum Gasteiger partial charge on any atom is 0.410 e. The van der Waals surface area contributed by atoms with E-state index in [2.05, 4.69) is 25.3 Å². The molecule has 0 atom stereocenters. The quantitative estimate of drug-likeness (QED) is 0.457. The minimum atomic E-state index is -3.42. The van der Waals surface area contributed by atoms with Crippen LogP contribution in [0, 0.1) is 0 Å². The van der Waals surface area contributed by atoms with Crippen molar-refractivity contribution in [2.75, 3.05) is 24.7 Å². The highest BCUT2D eigenvalue weighted by Crippen LogP contribution is 2.25. The molecule has 2 aromatic heterocycles. The number of nitrogens with one attached hydrogen (secondary N) is 1. The van der Waals surface area contributed by atoms with Crippen molar-refractivity contribution >= 4 is 28.0 Å². The van der Waals surface area contributed by atoms with Gasteiger partial charge in [0.05, 0.1) is 24.5 Å². The van der Waals surface area contributed by atoms with Crippen LogP contribution in [0.2, 0.25) is 0 Å². The van der Waals surface area contributed by atoms with Crippen molar-refractivity contribution in [3.05, 3.63) is 34.9 Å². The second-order valence-corrected chi connectivity index (χ2v) is 16.0. The Hall–Kier alpha value is -3.59. The largest absolute Gasteiger partial charge is 0.444 e. The van der Waals surface area contributed by atoms with Gasteiger partial charge in [-0.3, -0.25) is 0 Å². The smallest absolute Gasteiger partial charge is 0.410 e. The van der Waals surface area contributed by atoms with E-state index in [4.69, 9.17) is 15.2 Å². The molecule has 0 spiro atoms. The Morgan fingerprint density at radius 2 is 1.28 bits per heavy atom. The summed E-state index contributed by atoms with van der Waals surface area (Å²) in [5, 5.41) is 3.13. The molecule has 6 rings (SSSR count). The van der Waals surface area contributed by atoms with E-state index in [0.717, 1.165) is 29.5 Å². The standard InChI is InChI=1S/C15H22N4O2.C13H19N3O4S.C3H7N/c1-15(2,3)21-14(20)19-7-6-12-10(9-19)8-16-13(18-12)17-11-4-5-11;1-13(2,3)20-12(17)16-6-5-10-9(8-16)7-14-11(15-10)21(4,18)19;4-3-1-2-3/h8,11H,4-7,9H2,1-3H3,(H,16,17,18);7H,5-6,8H2,1-4H3;3H,1-2,4H2. The number of fused-ring (bicyclic) bond motifs is 2. The van der Waals surface area contributed by atoms with E-state index in [1.807, 2.05) is 47.7 Å². The molecule has 4 heterocycles. The second kappa shape index (κ2) is 14.0. The molecule has 4 aliphatic rings. The van der Waals surface area contributed by atoms with E-state index in [1.165, 1.54) is 31.9 Å². The van der Waals surface area contributed by atoms with Crippen LogP contribution in [0.15, 0.2) is 17.6 Å². The summed E-state index contributed by atoms with van der Waals surface area (Å²) in [5.74, 6) is 0.710. The van der Waals surface area contributed by atoms with Gasteiger partial charge < -0.3 is 30.3 Å². The molecule has 2 fully saturated rings. The molecule has 254 valence electrons. The Morgan fingerprint density at radius 3 is 1.70 bits per heavy atom. The number of nitrogens with two attached hydrogens (primary N) is 1. The third kappa shape index (κ3) is 11.3. The van der Waals surface area contributed by atoms with Gasteiger partial charge in [0.1, 0.15) is 11.2 Å². The molecule has 0 aromatic carbocycles. The summed E-state index contributed by atoms with van der Waals surface area (Å²) in [7, 11) is -3.42. The van der Waals surface area contributed by atoms with Crippen molar-refractivity contribution in [1.82, 2.24) is 29.7 Å². The predicted molar refractivity (Wildman–Crippen MR) is 172 cm³/mol. The van der Waals surface area contributed by atoms with Crippen LogP contribution in [0.4, 0.5) is 15.5 Å². The zero-order chi connectivity index (χ0) is 33.9. The molecule has 2 aromatic rings. The Morgan fingerprint density at radius 1 is 0.826 bits per heavy atom. The van der Waals surface area contributed by atoms with E-state index < -0.39 is 21.0 Å². The van der Waals surface area contributed by atoms with Crippen molar-refractivity contribution in [3.8, 4) is 0 Å². The summed E-state index contributed by atoms with van der Waals surface area (Å²) in [6, 6.07) is 1.13. The number of sulfone groups is 1. The van der Waals surface area contributed by atoms with Gasteiger partial charge in [-0.25, -0.2) is 37.9 Å². The molecular formula is C31H48N8O6S. The van der Waals surface area contributed by atoms with Gasteiger partial charge in [0.15, 0.2) is 0 Å². The van der Waals surface area contributed by atoms with Gasteiger partial charge in [-0.15, -0.1) is 0 Å². The van der Waals surface area contributed by atoms with Crippen LogP contribution in [0.25, 0.3) is 0 Å². The Kier molecular flexibility index (Phi) is 10.8. The van der Waals surface area contributed by atoms with Crippen LogP contribution in [-0.4, -0.2) is 93.0 Å². The highest BCUT2D eigenvalue weighted by molar-refractivity contribution is 7.90. The summed E-state index contributed by atoms with van der Waals surface area (Å²) in [6.45, 7) is 13.0. The Bertz CT molecular complexity index is 1510. The van der Waals surface area contributed by atoms with E-state index >= 15 is 0 Å². The maximum absolute atomic E-state index is 12.1. The van der Waals surface area contributed by atoms with Crippen LogP contribution < -0.4 is 11.1 Å². The second-order valence-electron chi connectivity index (χ2n) is 14.1. The summed E-state index contributed by atoms with van der Waals surface area (Å²) in [5.41, 5.74) is 7.67. The lowest BCUT2D eigenvalue weighted by molar-refractivity contribution is 0.0212. The maximum atomic E-state index is 12.1. The first-order valence-electron chi connectivity index (χ1n) is 15.7. The lowest BCUT2D eigenvalue weighted by atomic mass is 10.1. The van der Waals surface area contributed by atoms with E-state index in [-0.39, 0.29) is 17.3 Å². The van der Waals surface area contributed by atoms with Crippen LogP contribution in [0.1, 0.15) is 89.7 Å². The normalized spacial score (nSPS) is 17.7. The first-order chi connectivity index (χ1) is 21.4. The molecule has 2 aliphatic heterocycles. The van der Waals surface area contributed by atoms with E-state index in [1.54, 1.807) is 9.80 Å². The zero-order valence-corrected chi connectivity index (χ0v) is 28.8. The van der Waals surface area contributed by atoms with Crippen molar-refractivity contribution in [2.24, 2.45) is 5.73 Å². The first kappa shape index (κ1) is 35.3. The van der Waals surface area contributed by atoms with Crippen LogP contribution in [-0.2, 0) is 45.2 Å². The number of ether oxygens (including phenoxy) is 2. The molecule has 2 saturated carbocycles. The van der Waals surface area contributed by atoms with Crippen molar-refractivity contribution < 1.29 is 27.5 Å². The van der Waals surface area contributed by atoms with Gasteiger partial charge >= 0.3 is 12.2 Å². The number of carbonyl (C=O) groups is 2. The molecule has 2 aliphatic carbocycles. The molecule has 46 heavy (non-hydrogen) atoms. The summed E-state index contributed by atoms with van der Waals surface area (Å²) < 4.78 is 33.6. The summed E-state index contributed by atoms with van der Waals surface area (Å²) >= 11 is 0. The Labute approximate surface area is 271 Å². The summed E-state index contributed by atoms with van der Waals surface area (Å²) in [4.78, 5) is 44.2. The predicted octanol–water partition coefficient (Wildman–Crippen LogP) is 3.62. The molecule has 2 amide bonds. The van der Waals surface area contributed by atoms with Gasteiger partial charge in [0.25, 0.3) is 0 Å². The lowest BCUT2D eigenvalue weighted by Gasteiger charge is -2.30. The molecule has 0 radical (unpaired) electrons. The summed E-state index contributed by atoms with van der Waals surface area (Å²) in [6.07, 6.45) is 9.87. The zero-order valence-electron chi connectivity index (χ0n) is 28.0. The van der Waals surface area contributed by atoms with Gasteiger partial charge in [0, 0.05) is 67.8 Å². The fourth-order valence-electron chi connectivity index (χ4n) is 4.33. The number of anilines is 1. The monoisotopic (exact) mass is 660 g/mol. The van der Waals surface area contributed by atoms with Crippen molar-refractivity contribution in [3.63, 3.8) is 0 Å². The molecular weight excluding hydrogens is 612 g/mol. The van der Waals surface area contributed by atoms with Crippen LogP contribution >= 0.6 is 0 Å². The van der Waals surface area contributed by atoms with Gasteiger partial charge in [0.2, 0.25) is 20.9 Å². The minimum absolute atomic E-state index is 0.174. The lowest BCUT2D eigenvalue weighted by Crippen LogP contribution is -2.40. The van der Waals surface area contributed by atoms with E-state index in [9.17, 15) is 18.0 Å². The number of aromatic nitrogens is 4. The number of hydrogen-bond acceptors (Lipinski definition) is 12. The van der Waals surface area contributed by atoms with Gasteiger partial charge in [-0.1, -0.05) is 0 Å².